The molecule has 0 bridgehead atoms. The molecule has 0 aromatic carbocycles. The smallest absolute Gasteiger partial charge is 0.347 e. The van der Waals surface area contributed by atoms with E-state index in [0.717, 1.165) is 24.2 Å². The van der Waals surface area contributed by atoms with Gasteiger partial charge in [-0.1, -0.05) is 6.92 Å². The fourth-order valence-corrected chi connectivity index (χ4v) is 5.38. The van der Waals surface area contributed by atoms with E-state index in [9.17, 15) is 13.2 Å². The molecular formula is C12H17NO4S2. The number of rotatable bonds is 3. The average molecular weight is 303 g/mol. The lowest BCUT2D eigenvalue weighted by atomic mass is 9.97. The van der Waals surface area contributed by atoms with E-state index in [1.807, 2.05) is 13.8 Å². The summed E-state index contributed by atoms with van der Waals surface area (Å²) in [6.45, 7) is 4.34. The third kappa shape index (κ3) is 2.68. The molecule has 2 rings (SSSR count). The van der Waals surface area contributed by atoms with Gasteiger partial charge in [-0.05, 0) is 37.1 Å². The van der Waals surface area contributed by atoms with Crippen molar-refractivity contribution in [1.29, 1.82) is 0 Å². The molecule has 0 aliphatic carbocycles. The summed E-state index contributed by atoms with van der Waals surface area (Å²) in [5, 5.41) is 10.6. The zero-order valence-electron chi connectivity index (χ0n) is 10.9. The van der Waals surface area contributed by atoms with Crippen LogP contribution in [0.15, 0.2) is 16.3 Å². The summed E-state index contributed by atoms with van der Waals surface area (Å²) in [7, 11) is -3.71. The maximum absolute atomic E-state index is 12.6. The molecule has 0 radical (unpaired) electrons. The van der Waals surface area contributed by atoms with E-state index in [1.165, 1.54) is 15.8 Å². The van der Waals surface area contributed by atoms with Crippen molar-refractivity contribution in [3.8, 4) is 0 Å². The van der Waals surface area contributed by atoms with Crippen LogP contribution in [0.1, 0.15) is 36.4 Å². The minimum Gasteiger partial charge on any atom is -0.477 e. The molecule has 106 valence electrons. The van der Waals surface area contributed by atoms with Crippen molar-refractivity contribution in [2.45, 2.75) is 37.6 Å². The Bertz CT molecular complexity index is 578. The lowest BCUT2D eigenvalue weighted by molar-refractivity contribution is 0.0698. The molecule has 1 aromatic heterocycles. The first-order valence-corrected chi connectivity index (χ1v) is 8.48. The van der Waals surface area contributed by atoms with Gasteiger partial charge in [0.05, 0.1) is 0 Å². The Morgan fingerprint density at radius 1 is 1.42 bits per heavy atom. The van der Waals surface area contributed by atoms with Gasteiger partial charge < -0.3 is 5.11 Å². The minimum absolute atomic E-state index is 0.0778. The molecule has 1 aliphatic rings. The van der Waals surface area contributed by atoms with Gasteiger partial charge in [0, 0.05) is 12.6 Å². The Balaban J connectivity index is 2.41. The molecule has 1 fully saturated rings. The Morgan fingerprint density at radius 2 is 2.11 bits per heavy atom. The Labute approximate surface area is 116 Å². The van der Waals surface area contributed by atoms with Crippen LogP contribution in [0, 0.1) is 5.92 Å². The summed E-state index contributed by atoms with van der Waals surface area (Å²) < 4.78 is 26.6. The fourth-order valence-electron chi connectivity index (χ4n) is 2.37. The highest BCUT2D eigenvalue weighted by Gasteiger charge is 2.36. The van der Waals surface area contributed by atoms with E-state index >= 15 is 0 Å². The summed E-state index contributed by atoms with van der Waals surface area (Å²) in [5.74, 6) is -0.885. The fraction of sp³-hybridized carbons (Fsp3) is 0.583. The molecule has 1 N–H and O–H groups in total. The highest BCUT2D eigenvalue weighted by atomic mass is 32.2. The Hall–Kier alpha value is -0.920. The van der Waals surface area contributed by atoms with Crippen LogP contribution in [0.2, 0.25) is 0 Å². The maximum Gasteiger partial charge on any atom is 0.347 e. The van der Waals surface area contributed by atoms with Crippen LogP contribution in [0.3, 0.4) is 0 Å². The number of carbonyl (C=O) groups is 1. The highest BCUT2D eigenvalue weighted by Crippen LogP contribution is 2.31. The topological polar surface area (TPSA) is 74.7 Å². The van der Waals surface area contributed by atoms with Gasteiger partial charge in [0.15, 0.2) is 0 Å². The van der Waals surface area contributed by atoms with Gasteiger partial charge >= 0.3 is 5.97 Å². The van der Waals surface area contributed by atoms with Crippen LogP contribution in [0.25, 0.3) is 0 Å². The third-order valence-electron chi connectivity index (χ3n) is 3.47. The zero-order valence-corrected chi connectivity index (χ0v) is 12.5. The first kappa shape index (κ1) is 14.5. The van der Waals surface area contributed by atoms with Crippen molar-refractivity contribution in [2.24, 2.45) is 5.92 Å². The molecule has 1 aliphatic heterocycles. The molecule has 0 saturated carbocycles. The van der Waals surface area contributed by atoms with Crippen LogP contribution in [-0.4, -0.2) is 36.4 Å². The Morgan fingerprint density at radius 3 is 2.74 bits per heavy atom. The van der Waals surface area contributed by atoms with Gasteiger partial charge in [0.2, 0.25) is 10.0 Å². The molecule has 1 aromatic rings. The van der Waals surface area contributed by atoms with Gasteiger partial charge in [-0.25, -0.2) is 13.2 Å². The van der Waals surface area contributed by atoms with E-state index < -0.39 is 16.0 Å². The van der Waals surface area contributed by atoms with Gasteiger partial charge in [-0.2, -0.15) is 4.31 Å². The van der Waals surface area contributed by atoms with Gasteiger partial charge in [-0.15, -0.1) is 11.3 Å². The molecule has 19 heavy (non-hydrogen) atoms. The molecule has 5 nitrogen and oxygen atoms in total. The molecule has 2 atom stereocenters. The van der Waals surface area contributed by atoms with Gasteiger partial charge in [-0.3, -0.25) is 0 Å². The summed E-state index contributed by atoms with van der Waals surface area (Å²) in [5.41, 5.74) is 0. The van der Waals surface area contributed by atoms with E-state index in [-0.39, 0.29) is 15.8 Å². The molecule has 7 heteroatoms. The van der Waals surface area contributed by atoms with Crippen molar-refractivity contribution in [2.75, 3.05) is 6.54 Å². The number of piperidine rings is 1. The normalized spacial score (nSPS) is 25.4. The van der Waals surface area contributed by atoms with E-state index in [2.05, 4.69) is 0 Å². The second kappa shape index (κ2) is 5.22. The monoisotopic (exact) mass is 303 g/mol. The third-order valence-corrected chi connectivity index (χ3v) is 6.52. The van der Waals surface area contributed by atoms with E-state index in [1.54, 1.807) is 0 Å². The van der Waals surface area contributed by atoms with Crippen LogP contribution in [-0.2, 0) is 10.0 Å². The van der Waals surface area contributed by atoms with Crippen molar-refractivity contribution in [3.05, 3.63) is 16.3 Å². The van der Waals surface area contributed by atoms with Gasteiger partial charge in [0.25, 0.3) is 0 Å². The lowest BCUT2D eigenvalue weighted by Gasteiger charge is -2.35. The number of sulfonamides is 1. The van der Waals surface area contributed by atoms with Crippen LogP contribution < -0.4 is 0 Å². The van der Waals surface area contributed by atoms with E-state index in [0.29, 0.717) is 12.5 Å². The SMILES string of the molecule is CC1CCC(C)N(S(=O)(=O)c2ccsc2C(=O)O)C1. The average Bonchev–Trinajstić information content (AvgIpc) is 2.82. The molecular weight excluding hydrogens is 286 g/mol. The van der Waals surface area contributed by atoms with Crippen LogP contribution in [0.4, 0.5) is 0 Å². The van der Waals surface area contributed by atoms with Crippen LogP contribution >= 0.6 is 11.3 Å². The molecule has 0 amide bonds. The molecule has 0 spiro atoms. The molecule has 2 heterocycles. The number of hydrogen-bond acceptors (Lipinski definition) is 4. The number of hydrogen-bond donors (Lipinski definition) is 1. The number of thiophene rings is 1. The Kier molecular flexibility index (Phi) is 3.98. The summed E-state index contributed by atoms with van der Waals surface area (Å²) in [6, 6.07) is 1.30. The van der Waals surface area contributed by atoms with Gasteiger partial charge in [0.1, 0.15) is 9.77 Å². The minimum atomic E-state index is -3.71. The lowest BCUT2D eigenvalue weighted by Crippen LogP contribution is -2.45. The summed E-state index contributed by atoms with van der Waals surface area (Å²) >= 11 is 0.945. The second-order valence-electron chi connectivity index (χ2n) is 5.03. The maximum atomic E-state index is 12.6. The van der Waals surface area contributed by atoms with Crippen molar-refractivity contribution >= 4 is 27.3 Å². The highest BCUT2D eigenvalue weighted by molar-refractivity contribution is 7.89. The number of carboxylic acid groups (broad SMARTS) is 1. The van der Waals surface area contributed by atoms with E-state index in [4.69, 9.17) is 5.11 Å². The van der Waals surface area contributed by atoms with Crippen molar-refractivity contribution in [3.63, 3.8) is 0 Å². The quantitative estimate of drug-likeness (QED) is 0.929. The first-order chi connectivity index (χ1) is 8.84. The van der Waals surface area contributed by atoms with Crippen molar-refractivity contribution < 1.29 is 18.3 Å². The first-order valence-electron chi connectivity index (χ1n) is 6.16. The molecule has 2 unspecified atom stereocenters. The van der Waals surface area contributed by atoms with Crippen LogP contribution in [0.5, 0.6) is 0 Å². The standard InChI is InChI=1S/C12H17NO4S2/c1-8-3-4-9(2)13(7-8)19(16,17)10-5-6-18-11(10)12(14)15/h5-6,8-9H,3-4,7H2,1-2H3,(H,14,15). The molecule has 1 saturated heterocycles. The predicted molar refractivity (Wildman–Crippen MR) is 73.0 cm³/mol. The van der Waals surface area contributed by atoms with Crippen molar-refractivity contribution in [1.82, 2.24) is 4.31 Å². The second-order valence-corrected chi connectivity index (χ2v) is 7.80. The number of carboxylic acids is 1. The zero-order chi connectivity index (χ0) is 14.2. The largest absolute Gasteiger partial charge is 0.477 e. The number of aromatic carboxylic acids is 1. The predicted octanol–water partition coefficient (Wildman–Crippen LogP) is 2.26. The summed E-state index contributed by atoms with van der Waals surface area (Å²) in [6.07, 6.45) is 1.82. The summed E-state index contributed by atoms with van der Waals surface area (Å²) in [4.78, 5) is 10.9. The number of nitrogens with zero attached hydrogens (tertiary/aromatic N) is 1.